The lowest BCUT2D eigenvalue weighted by Crippen LogP contribution is -2.12. The summed E-state index contributed by atoms with van der Waals surface area (Å²) in [6, 6.07) is 15.1. The fraction of sp³-hybridized carbons (Fsp3) is 0.353. The highest BCUT2D eigenvalue weighted by atomic mass is 79.9. The lowest BCUT2D eigenvalue weighted by atomic mass is 9.94. The molecule has 3 rings (SSSR count). The molecule has 2 aromatic rings. The van der Waals surface area contributed by atoms with Crippen molar-refractivity contribution in [3.63, 3.8) is 0 Å². The molecule has 19 heavy (non-hydrogen) atoms. The first-order valence-electron chi connectivity index (χ1n) is 6.86. The third kappa shape index (κ3) is 2.74. The van der Waals surface area contributed by atoms with Crippen molar-refractivity contribution in [1.82, 2.24) is 4.98 Å². The van der Waals surface area contributed by atoms with E-state index >= 15 is 0 Å². The van der Waals surface area contributed by atoms with Crippen LogP contribution in [0.3, 0.4) is 0 Å². The highest BCUT2D eigenvalue weighted by Gasteiger charge is 2.44. The van der Waals surface area contributed by atoms with Crippen LogP contribution in [0.1, 0.15) is 36.3 Å². The average molecular weight is 316 g/mol. The summed E-state index contributed by atoms with van der Waals surface area (Å²) in [5.74, 6) is 2.02. The van der Waals surface area contributed by atoms with E-state index in [1.807, 2.05) is 12.4 Å². The minimum atomic E-state index is 0.529. The predicted octanol–water partition coefficient (Wildman–Crippen LogP) is 4.75. The molecule has 2 heteroatoms. The molecule has 1 aliphatic rings. The number of rotatable bonds is 4. The molecular weight excluding hydrogens is 298 g/mol. The Kier molecular flexibility index (Phi) is 3.69. The van der Waals surface area contributed by atoms with E-state index in [2.05, 4.69) is 70.3 Å². The molecule has 1 aliphatic carbocycles. The molecule has 0 radical (unpaired) electrons. The largest absolute Gasteiger partial charge is 0.265 e. The van der Waals surface area contributed by atoms with E-state index in [0.717, 1.165) is 11.8 Å². The summed E-state index contributed by atoms with van der Waals surface area (Å²) in [6.07, 6.45) is 5.07. The van der Waals surface area contributed by atoms with Gasteiger partial charge in [0.1, 0.15) is 0 Å². The van der Waals surface area contributed by atoms with Gasteiger partial charge in [0, 0.05) is 17.2 Å². The number of alkyl halides is 1. The number of hydrogen-bond donors (Lipinski definition) is 0. The summed E-state index contributed by atoms with van der Waals surface area (Å²) in [4.78, 5) is 4.64. The van der Waals surface area contributed by atoms with Crippen molar-refractivity contribution >= 4 is 15.9 Å². The van der Waals surface area contributed by atoms with Crippen molar-refractivity contribution in [3.8, 4) is 0 Å². The third-order valence-corrected chi connectivity index (χ3v) is 5.66. The topological polar surface area (TPSA) is 12.9 Å². The summed E-state index contributed by atoms with van der Waals surface area (Å²) in [6.45, 7) is 2.30. The molecule has 1 nitrogen and oxygen atoms in total. The SMILES string of the molecule is CC(c1ccncc1)C(Br)C1CC1c1ccccc1. The number of halogens is 1. The van der Waals surface area contributed by atoms with E-state index in [1.54, 1.807) is 0 Å². The number of pyridine rings is 1. The van der Waals surface area contributed by atoms with Gasteiger partial charge >= 0.3 is 0 Å². The van der Waals surface area contributed by atoms with E-state index in [9.17, 15) is 0 Å². The van der Waals surface area contributed by atoms with Crippen LogP contribution in [0.25, 0.3) is 0 Å². The normalized spacial score (nSPS) is 24.7. The predicted molar refractivity (Wildman–Crippen MR) is 82.7 cm³/mol. The summed E-state index contributed by atoms with van der Waals surface area (Å²) < 4.78 is 0. The average Bonchev–Trinajstić information content (AvgIpc) is 3.28. The van der Waals surface area contributed by atoms with Gasteiger partial charge in [-0.3, -0.25) is 4.98 Å². The Hall–Kier alpha value is -1.15. The second kappa shape index (κ2) is 5.46. The number of hydrogen-bond acceptors (Lipinski definition) is 1. The van der Waals surface area contributed by atoms with Gasteiger partial charge in [0.05, 0.1) is 0 Å². The Bertz CT molecular complexity index is 525. The Morgan fingerprint density at radius 2 is 1.79 bits per heavy atom. The monoisotopic (exact) mass is 315 g/mol. The van der Waals surface area contributed by atoms with Gasteiger partial charge in [-0.1, -0.05) is 53.2 Å². The molecule has 0 saturated heterocycles. The van der Waals surface area contributed by atoms with Crippen LogP contribution in [-0.4, -0.2) is 9.81 Å². The van der Waals surface area contributed by atoms with Crippen molar-refractivity contribution in [2.75, 3.05) is 0 Å². The molecule has 0 spiro atoms. The molecule has 0 aliphatic heterocycles. The maximum atomic E-state index is 4.09. The van der Waals surface area contributed by atoms with Gasteiger partial charge < -0.3 is 0 Å². The fourth-order valence-corrected chi connectivity index (χ4v) is 3.76. The van der Waals surface area contributed by atoms with Gasteiger partial charge in [0.25, 0.3) is 0 Å². The first-order chi connectivity index (χ1) is 9.27. The zero-order valence-electron chi connectivity index (χ0n) is 11.0. The fourth-order valence-electron chi connectivity index (χ4n) is 2.87. The second-order valence-electron chi connectivity index (χ2n) is 5.43. The first-order valence-corrected chi connectivity index (χ1v) is 7.78. The molecule has 1 fully saturated rings. The standard InChI is InChI=1S/C17H18BrN/c1-12(13-7-9-19-10-8-13)17(18)16-11-15(16)14-5-3-2-4-6-14/h2-10,12,15-17H,11H2,1H3. The Balaban J connectivity index is 1.68. The molecule has 4 atom stereocenters. The molecule has 0 amide bonds. The van der Waals surface area contributed by atoms with Crippen molar-refractivity contribution < 1.29 is 0 Å². The van der Waals surface area contributed by atoms with E-state index in [1.165, 1.54) is 17.5 Å². The van der Waals surface area contributed by atoms with Crippen molar-refractivity contribution in [1.29, 1.82) is 0 Å². The summed E-state index contributed by atoms with van der Waals surface area (Å²) in [7, 11) is 0. The van der Waals surface area contributed by atoms with Crippen LogP contribution in [0, 0.1) is 5.92 Å². The lowest BCUT2D eigenvalue weighted by molar-refractivity contribution is 0.635. The number of nitrogens with zero attached hydrogens (tertiary/aromatic N) is 1. The van der Waals surface area contributed by atoms with Crippen LogP contribution in [0.4, 0.5) is 0 Å². The lowest BCUT2D eigenvalue weighted by Gasteiger charge is -2.19. The van der Waals surface area contributed by atoms with Gasteiger partial charge in [-0.25, -0.2) is 0 Å². The molecule has 1 aromatic carbocycles. The van der Waals surface area contributed by atoms with Crippen LogP contribution in [0.15, 0.2) is 54.9 Å². The van der Waals surface area contributed by atoms with Crippen LogP contribution in [0.2, 0.25) is 0 Å². The van der Waals surface area contributed by atoms with Gasteiger partial charge in [0.15, 0.2) is 0 Å². The Morgan fingerprint density at radius 3 is 2.47 bits per heavy atom. The molecule has 1 aromatic heterocycles. The molecule has 98 valence electrons. The number of benzene rings is 1. The molecule has 4 unspecified atom stereocenters. The maximum Gasteiger partial charge on any atom is 0.0270 e. The van der Waals surface area contributed by atoms with Gasteiger partial charge in [0.2, 0.25) is 0 Å². The molecule has 0 N–H and O–H groups in total. The van der Waals surface area contributed by atoms with Gasteiger partial charge in [-0.2, -0.15) is 0 Å². The summed E-state index contributed by atoms with van der Waals surface area (Å²) >= 11 is 3.92. The van der Waals surface area contributed by atoms with E-state index in [-0.39, 0.29) is 0 Å². The van der Waals surface area contributed by atoms with Gasteiger partial charge in [-0.15, -0.1) is 0 Å². The van der Waals surface area contributed by atoms with Crippen LogP contribution in [0.5, 0.6) is 0 Å². The molecule has 0 bridgehead atoms. The maximum absolute atomic E-state index is 4.09. The smallest absolute Gasteiger partial charge is 0.0270 e. The quantitative estimate of drug-likeness (QED) is 0.742. The van der Waals surface area contributed by atoms with E-state index in [4.69, 9.17) is 0 Å². The van der Waals surface area contributed by atoms with E-state index in [0.29, 0.717) is 10.7 Å². The molecule has 1 saturated carbocycles. The van der Waals surface area contributed by atoms with Gasteiger partial charge in [-0.05, 0) is 47.4 Å². The zero-order valence-corrected chi connectivity index (χ0v) is 12.6. The second-order valence-corrected chi connectivity index (χ2v) is 6.49. The van der Waals surface area contributed by atoms with Crippen molar-refractivity contribution in [2.24, 2.45) is 5.92 Å². The van der Waals surface area contributed by atoms with E-state index < -0.39 is 0 Å². The highest BCUT2D eigenvalue weighted by molar-refractivity contribution is 9.09. The minimum Gasteiger partial charge on any atom is -0.265 e. The van der Waals surface area contributed by atoms with Crippen molar-refractivity contribution in [3.05, 3.63) is 66.0 Å². The first kappa shape index (κ1) is 12.9. The van der Waals surface area contributed by atoms with Crippen LogP contribution >= 0.6 is 15.9 Å². The Labute approximate surface area is 123 Å². The van der Waals surface area contributed by atoms with Crippen LogP contribution in [-0.2, 0) is 0 Å². The van der Waals surface area contributed by atoms with Crippen LogP contribution < -0.4 is 0 Å². The van der Waals surface area contributed by atoms with Crippen molar-refractivity contribution in [2.45, 2.75) is 30.0 Å². The summed E-state index contributed by atoms with van der Waals surface area (Å²) in [5.41, 5.74) is 2.86. The zero-order chi connectivity index (χ0) is 13.2. The Morgan fingerprint density at radius 1 is 1.11 bits per heavy atom. The molecule has 1 heterocycles. The summed E-state index contributed by atoms with van der Waals surface area (Å²) in [5, 5.41) is 0. The highest BCUT2D eigenvalue weighted by Crippen LogP contribution is 2.54. The number of aromatic nitrogens is 1. The molecular formula is C17H18BrN. The third-order valence-electron chi connectivity index (χ3n) is 4.19. The minimum absolute atomic E-state index is 0.529.